The van der Waals surface area contributed by atoms with Crippen LogP contribution in [0.2, 0.25) is 0 Å². The van der Waals surface area contributed by atoms with Crippen LogP contribution >= 0.6 is 0 Å². The van der Waals surface area contributed by atoms with E-state index in [-0.39, 0.29) is 29.8 Å². The number of halogens is 3. The smallest absolute Gasteiger partial charge is 0.379 e. The Morgan fingerprint density at radius 1 is 1.33 bits per heavy atom. The van der Waals surface area contributed by atoms with Crippen LogP contribution in [0.1, 0.15) is 11.1 Å². The molecule has 7 heteroatoms. The number of nitrogens with one attached hydrogen (secondary N) is 2. The van der Waals surface area contributed by atoms with E-state index in [9.17, 15) is 18.0 Å². The van der Waals surface area contributed by atoms with E-state index in [2.05, 4.69) is 10.6 Å². The number of aryl methyl sites for hydroxylation is 1. The van der Waals surface area contributed by atoms with Crippen molar-refractivity contribution in [1.29, 1.82) is 0 Å². The first kappa shape index (κ1) is 15.8. The summed E-state index contributed by atoms with van der Waals surface area (Å²) in [6, 6.07) is 3.64. The third-order valence-electron chi connectivity index (χ3n) is 3.60. The Balaban J connectivity index is 2.15. The average molecular weight is 302 g/mol. The van der Waals surface area contributed by atoms with Crippen molar-refractivity contribution in [3.8, 4) is 0 Å². The second-order valence-corrected chi connectivity index (χ2v) is 5.06. The van der Waals surface area contributed by atoms with E-state index in [4.69, 9.17) is 4.74 Å². The third kappa shape index (κ3) is 3.54. The van der Waals surface area contributed by atoms with Crippen LogP contribution in [-0.2, 0) is 15.7 Å². The summed E-state index contributed by atoms with van der Waals surface area (Å²) in [6.45, 7) is 2.06. The molecule has 0 saturated carbocycles. The van der Waals surface area contributed by atoms with Crippen molar-refractivity contribution in [3.05, 3.63) is 29.3 Å². The highest BCUT2D eigenvalue weighted by molar-refractivity contribution is 5.93. The molecule has 2 rings (SSSR count). The minimum Gasteiger partial charge on any atom is -0.379 e. The van der Waals surface area contributed by atoms with Crippen LogP contribution in [-0.4, -0.2) is 32.2 Å². The van der Waals surface area contributed by atoms with E-state index in [0.29, 0.717) is 6.61 Å². The number of amides is 1. The summed E-state index contributed by atoms with van der Waals surface area (Å²) in [5, 5.41) is 5.49. The molecule has 21 heavy (non-hydrogen) atoms. The van der Waals surface area contributed by atoms with Gasteiger partial charge in [0.1, 0.15) is 0 Å². The maximum Gasteiger partial charge on any atom is 0.416 e. The number of hydrogen-bond acceptors (Lipinski definition) is 3. The fourth-order valence-corrected chi connectivity index (χ4v) is 2.34. The number of rotatable bonds is 3. The molecule has 0 bridgehead atoms. The fourth-order valence-electron chi connectivity index (χ4n) is 2.34. The lowest BCUT2D eigenvalue weighted by Crippen LogP contribution is -2.39. The van der Waals surface area contributed by atoms with Gasteiger partial charge in [-0.15, -0.1) is 0 Å². The highest BCUT2D eigenvalue weighted by atomic mass is 19.4. The van der Waals surface area contributed by atoms with Gasteiger partial charge in [-0.3, -0.25) is 4.79 Å². The van der Waals surface area contributed by atoms with Gasteiger partial charge in [0.15, 0.2) is 0 Å². The van der Waals surface area contributed by atoms with E-state index in [0.717, 1.165) is 6.07 Å². The molecule has 0 aromatic heterocycles. The molecule has 0 spiro atoms. The van der Waals surface area contributed by atoms with Crippen LogP contribution in [0.4, 0.5) is 18.9 Å². The quantitative estimate of drug-likeness (QED) is 0.900. The standard InChI is InChI=1S/C14H17F3N2O2/c1-8-3-4-9(5-11(8)14(15,16)17)19-13(20)10-6-21-7-12(10)18-2/h3-5,10,12,18H,6-7H2,1-2H3,(H,19,20). The zero-order chi connectivity index (χ0) is 15.6. The Morgan fingerprint density at radius 2 is 2.05 bits per heavy atom. The SMILES string of the molecule is CNC1COCC1C(=O)Nc1ccc(C)c(C(F)(F)F)c1. The second kappa shape index (κ2) is 6.03. The van der Waals surface area contributed by atoms with Crippen molar-refractivity contribution >= 4 is 11.6 Å². The van der Waals surface area contributed by atoms with Crippen molar-refractivity contribution in [2.24, 2.45) is 5.92 Å². The minimum atomic E-state index is -4.44. The zero-order valence-corrected chi connectivity index (χ0v) is 11.8. The summed E-state index contributed by atoms with van der Waals surface area (Å²) in [5.41, 5.74) is -0.481. The van der Waals surface area contributed by atoms with Gasteiger partial charge < -0.3 is 15.4 Å². The molecule has 0 aliphatic carbocycles. The first-order valence-corrected chi connectivity index (χ1v) is 6.56. The molecule has 2 unspecified atom stereocenters. The maximum atomic E-state index is 12.8. The number of likely N-dealkylation sites (N-methyl/N-ethyl adjacent to an activating group) is 1. The van der Waals surface area contributed by atoms with Crippen LogP contribution in [0.3, 0.4) is 0 Å². The monoisotopic (exact) mass is 302 g/mol. The largest absolute Gasteiger partial charge is 0.416 e. The van der Waals surface area contributed by atoms with Gasteiger partial charge in [0.05, 0.1) is 24.7 Å². The zero-order valence-electron chi connectivity index (χ0n) is 11.8. The lowest BCUT2D eigenvalue weighted by Gasteiger charge is -2.17. The summed E-state index contributed by atoms with van der Waals surface area (Å²) in [6.07, 6.45) is -4.44. The van der Waals surface area contributed by atoms with Gasteiger partial charge in [0.25, 0.3) is 0 Å². The van der Waals surface area contributed by atoms with Crippen LogP contribution < -0.4 is 10.6 Å². The van der Waals surface area contributed by atoms with Gasteiger partial charge in [-0.2, -0.15) is 13.2 Å². The lowest BCUT2D eigenvalue weighted by atomic mass is 10.0. The van der Waals surface area contributed by atoms with Gasteiger partial charge in [-0.05, 0) is 31.7 Å². The molecule has 1 saturated heterocycles. The molecular weight excluding hydrogens is 285 g/mol. The average Bonchev–Trinajstić information content (AvgIpc) is 2.88. The molecule has 0 radical (unpaired) electrons. The van der Waals surface area contributed by atoms with Gasteiger partial charge >= 0.3 is 6.18 Å². The summed E-state index contributed by atoms with van der Waals surface area (Å²) >= 11 is 0. The summed E-state index contributed by atoms with van der Waals surface area (Å²) in [4.78, 5) is 12.1. The normalized spacial score (nSPS) is 22.3. The van der Waals surface area contributed by atoms with Gasteiger partial charge in [0.2, 0.25) is 5.91 Å². The number of benzene rings is 1. The van der Waals surface area contributed by atoms with Crippen molar-refractivity contribution < 1.29 is 22.7 Å². The highest BCUT2D eigenvalue weighted by Crippen LogP contribution is 2.33. The van der Waals surface area contributed by atoms with Crippen molar-refractivity contribution in [1.82, 2.24) is 5.32 Å². The molecule has 1 amide bonds. The number of hydrogen-bond donors (Lipinski definition) is 2. The van der Waals surface area contributed by atoms with E-state index in [1.54, 1.807) is 7.05 Å². The maximum absolute atomic E-state index is 12.8. The van der Waals surface area contributed by atoms with Gasteiger partial charge in [-0.25, -0.2) is 0 Å². The van der Waals surface area contributed by atoms with Crippen molar-refractivity contribution in [3.63, 3.8) is 0 Å². The molecule has 116 valence electrons. The molecule has 1 heterocycles. The van der Waals surface area contributed by atoms with Crippen LogP contribution in [0.15, 0.2) is 18.2 Å². The number of alkyl halides is 3. The summed E-state index contributed by atoms with van der Waals surface area (Å²) < 4.78 is 43.7. The minimum absolute atomic E-state index is 0.123. The number of ether oxygens (including phenoxy) is 1. The molecule has 1 aliphatic rings. The topological polar surface area (TPSA) is 50.4 Å². The molecule has 1 aromatic rings. The molecule has 2 N–H and O–H groups in total. The van der Waals surface area contributed by atoms with Crippen molar-refractivity contribution in [2.45, 2.75) is 19.1 Å². The van der Waals surface area contributed by atoms with E-state index in [1.807, 2.05) is 0 Å². The molecule has 1 aromatic carbocycles. The van der Waals surface area contributed by atoms with Gasteiger partial charge in [-0.1, -0.05) is 6.07 Å². The number of carbonyl (C=O) groups is 1. The van der Waals surface area contributed by atoms with Crippen LogP contribution in [0.5, 0.6) is 0 Å². The number of carbonyl (C=O) groups excluding carboxylic acids is 1. The molecule has 1 fully saturated rings. The molecule has 4 nitrogen and oxygen atoms in total. The van der Waals surface area contributed by atoms with Gasteiger partial charge in [0, 0.05) is 11.7 Å². The van der Waals surface area contributed by atoms with E-state index >= 15 is 0 Å². The third-order valence-corrected chi connectivity index (χ3v) is 3.60. The Kier molecular flexibility index (Phi) is 4.53. The van der Waals surface area contributed by atoms with E-state index in [1.165, 1.54) is 19.1 Å². The summed E-state index contributed by atoms with van der Waals surface area (Å²) in [5.74, 6) is -0.755. The predicted molar refractivity (Wildman–Crippen MR) is 72.0 cm³/mol. The molecule has 1 aliphatic heterocycles. The first-order valence-electron chi connectivity index (χ1n) is 6.56. The first-order chi connectivity index (χ1) is 9.82. The Labute approximate surface area is 120 Å². The highest BCUT2D eigenvalue weighted by Gasteiger charge is 2.34. The molecular formula is C14H17F3N2O2. The second-order valence-electron chi connectivity index (χ2n) is 5.06. The Morgan fingerprint density at radius 3 is 2.67 bits per heavy atom. The van der Waals surface area contributed by atoms with Crippen LogP contribution in [0.25, 0.3) is 0 Å². The Hall–Kier alpha value is -1.60. The molecule has 2 atom stereocenters. The van der Waals surface area contributed by atoms with Crippen LogP contribution in [0, 0.1) is 12.8 Å². The summed E-state index contributed by atoms with van der Waals surface area (Å²) in [7, 11) is 1.72. The Bertz CT molecular complexity index is 531. The van der Waals surface area contributed by atoms with Crippen molar-refractivity contribution in [2.75, 3.05) is 25.6 Å². The predicted octanol–water partition coefficient (Wildman–Crippen LogP) is 2.19. The lowest BCUT2D eigenvalue weighted by molar-refractivity contribution is -0.138. The fraction of sp³-hybridized carbons (Fsp3) is 0.500. The number of anilines is 1. The van der Waals surface area contributed by atoms with E-state index < -0.39 is 17.7 Å².